The van der Waals surface area contributed by atoms with Crippen LogP contribution in [0, 0.1) is 0 Å². The fourth-order valence-corrected chi connectivity index (χ4v) is 4.97. The number of carbonyl (C=O) groups is 1. The lowest BCUT2D eigenvalue weighted by Crippen LogP contribution is -2.44. The van der Waals surface area contributed by atoms with E-state index < -0.39 is 12.1 Å². The number of alkyl halides is 3. The van der Waals surface area contributed by atoms with Gasteiger partial charge in [-0.15, -0.1) is 0 Å². The van der Waals surface area contributed by atoms with Gasteiger partial charge in [-0.3, -0.25) is 4.90 Å². The Hall–Kier alpha value is -2.91. The zero-order chi connectivity index (χ0) is 27.9. The Morgan fingerprint density at radius 2 is 1.68 bits per heavy atom. The lowest BCUT2D eigenvalue weighted by atomic mass is 9.85. The highest BCUT2D eigenvalue weighted by atomic mass is 35.5. The van der Waals surface area contributed by atoms with E-state index in [-0.39, 0.29) is 11.8 Å². The number of benzene rings is 2. The topological polar surface area (TPSA) is 96.3 Å². The number of carbonyl (C=O) groups excluding carboxylic acids is 2. The van der Waals surface area contributed by atoms with Crippen molar-refractivity contribution in [3.05, 3.63) is 69.2 Å². The number of carboxylic acids is 1. The van der Waals surface area contributed by atoms with Crippen molar-refractivity contribution in [3.8, 4) is 0 Å². The van der Waals surface area contributed by atoms with Crippen LogP contribution in [0.4, 0.5) is 13.2 Å². The fraction of sp³-hybridized carbons (Fsp3) is 0.423. The summed E-state index contributed by atoms with van der Waals surface area (Å²) in [5.41, 5.74) is 4.57. The molecule has 2 heterocycles. The molecule has 1 spiro atoms. The van der Waals surface area contributed by atoms with Crippen LogP contribution in [-0.4, -0.2) is 52.7 Å². The van der Waals surface area contributed by atoms with Crippen LogP contribution in [-0.2, 0) is 25.8 Å². The van der Waals surface area contributed by atoms with Crippen molar-refractivity contribution in [2.24, 2.45) is 5.16 Å². The first kappa shape index (κ1) is 29.6. The van der Waals surface area contributed by atoms with Crippen LogP contribution in [0.5, 0.6) is 0 Å². The van der Waals surface area contributed by atoms with E-state index in [1.54, 1.807) is 0 Å². The number of hydrogen-bond donors (Lipinski definition) is 1. The SMILES string of the molecule is Clc1cc(Cl)c(C2CC2)cc1CN1CCC2(CC1)CC(c1ccccc1)=NO2.O=C(O)C(F)(F)F.O=C=O. The molecule has 7 nitrogen and oxygen atoms in total. The number of aliphatic carboxylic acids is 1. The smallest absolute Gasteiger partial charge is 0.475 e. The van der Waals surface area contributed by atoms with Gasteiger partial charge in [0.15, 0.2) is 0 Å². The summed E-state index contributed by atoms with van der Waals surface area (Å²) in [6.07, 6.45) is 0.543. The predicted octanol–water partition coefficient (Wildman–Crippen LogP) is 6.08. The van der Waals surface area contributed by atoms with Crippen molar-refractivity contribution in [2.75, 3.05) is 13.1 Å². The number of likely N-dealkylation sites (tertiary alicyclic amines) is 1. The standard InChI is InChI=1S/C23H24Cl2N2O.C2HF3O2.CO2/c24-20-13-21(25)19(16-6-7-16)12-18(20)15-27-10-8-23(9-11-27)14-22(26-28-23)17-4-2-1-3-5-17;3-2(4,5)1(6)7;2-1-3/h1-5,12-13,16H,6-11,14-15H2;(H,6,7);. The van der Waals surface area contributed by atoms with Crippen LogP contribution >= 0.6 is 23.2 Å². The van der Waals surface area contributed by atoms with E-state index >= 15 is 0 Å². The maximum Gasteiger partial charge on any atom is 0.490 e. The van der Waals surface area contributed by atoms with Gasteiger partial charge in [0, 0.05) is 48.9 Å². The van der Waals surface area contributed by atoms with Crippen LogP contribution in [0.1, 0.15) is 54.7 Å². The van der Waals surface area contributed by atoms with Gasteiger partial charge in [-0.2, -0.15) is 22.8 Å². The highest BCUT2D eigenvalue weighted by molar-refractivity contribution is 6.35. The second-order valence-electron chi connectivity index (χ2n) is 9.26. The van der Waals surface area contributed by atoms with Crippen LogP contribution in [0.2, 0.25) is 10.0 Å². The number of carboxylic acid groups (broad SMARTS) is 1. The summed E-state index contributed by atoms with van der Waals surface area (Å²) >= 11 is 12.9. The molecule has 204 valence electrons. The first-order chi connectivity index (χ1) is 18.0. The molecule has 38 heavy (non-hydrogen) atoms. The maximum absolute atomic E-state index is 10.6. The quantitative estimate of drug-likeness (QED) is 0.477. The van der Waals surface area contributed by atoms with Gasteiger partial charge in [0.1, 0.15) is 5.60 Å². The summed E-state index contributed by atoms with van der Waals surface area (Å²) in [6.45, 7) is 2.86. The molecule has 2 fully saturated rings. The van der Waals surface area contributed by atoms with Gasteiger partial charge < -0.3 is 9.94 Å². The molecule has 0 atom stereocenters. The first-order valence-electron chi connectivity index (χ1n) is 11.8. The zero-order valence-corrected chi connectivity index (χ0v) is 21.7. The van der Waals surface area contributed by atoms with Gasteiger partial charge >= 0.3 is 18.3 Å². The maximum atomic E-state index is 10.6. The van der Waals surface area contributed by atoms with Crippen molar-refractivity contribution in [1.82, 2.24) is 4.90 Å². The van der Waals surface area contributed by atoms with E-state index in [1.807, 2.05) is 12.1 Å². The molecule has 5 rings (SSSR count). The van der Waals surface area contributed by atoms with E-state index in [0.717, 1.165) is 54.7 Å². The van der Waals surface area contributed by atoms with Crippen LogP contribution in [0.15, 0.2) is 47.6 Å². The first-order valence-corrected chi connectivity index (χ1v) is 12.5. The minimum atomic E-state index is -5.08. The van der Waals surface area contributed by atoms with Crippen molar-refractivity contribution in [3.63, 3.8) is 0 Å². The number of hydrogen-bond acceptors (Lipinski definition) is 6. The lowest BCUT2D eigenvalue weighted by molar-refractivity contribution is -0.193. The van der Waals surface area contributed by atoms with E-state index in [1.165, 1.54) is 29.5 Å². The molecule has 3 aliphatic rings. The molecule has 1 saturated carbocycles. The third-order valence-electron chi connectivity index (χ3n) is 6.53. The van der Waals surface area contributed by atoms with Gasteiger partial charge in [-0.1, -0.05) is 64.8 Å². The Morgan fingerprint density at radius 1 is 1.11 bits per heavy atom. The number of oxime groups is 1. The van der Waals surface area contributed by atoms with E-state index in [0.29, 0.717) is 5.92 Å². The van der Waals surface area contributed by atoms with Crippen molar-refractivity contribution < 1.29 is 37.5 Å². The van der Waals surface area contributed by atoms with Crippen molar-refractivity contribution >= 4 is 41.0 Å². The van der Waals surface area contributed by atoms with E-state index in [9.17, 15) is 13.2 Å². The largest absolute Gasteiger partial charge is 0.490 e. The van der Waals surface area contributed by atoms with Gasteiger partial charge in [-0.25, -0.2) is 4.79 Å². The van der Waals surface area contributed by atoms with Crippen LogP contribution in [0.25, 0.3) is 0 Å². The molecule has 0 aromatic heterocycles. The van der Waals surface area contributed by atoms with Crippen LogP contribution in [0.3, 0.4) is 0 Å². The molecule has 2 aromatic rings. The number of halogens is 5. The molecule has 0 radical (unpaired) electrons. The highest BCUT2D eigenvalue weighted by Gasteiger charge is 2.42. The summed E-state index contributed by atoms with van der Waals surface area (Å²) in [6, 6.07) is 14.5. The molecule has 1 aliphatic carbocycles. The Bertz CT molecular complexity index is 1190. The second-order valence-corrected chi connectivity index (χ2v) is 10.1. The van der Waals surface area contributed by atoms with Crippen molar-refractivity contribution in [1.29, 1.82) is 0 Å². The summed E-state index contributed by atoms with van der Waals surface area (Å²) in [7, 11) is 0. The summed E-state index contributed by atoms with van der Waals surface area (Å²) < 4.78 is 31.7. The molecule has 1 N–H and O–H groups in total. The zero-order valence-electron chi connectivity index (χ0n) is 20.1. The van der Waals surface area contributed by atoms with Gasteiger partial charge in [0.2, 0.25) is 0 Å². The van der Waals surface area contributed by atoms with Gasteiger partial charge in [-0.05, 0) is 41.5 Å². The second kappa shape index (κ2) is 12.8. The average molecular weight is 573 g/mol. The lowest BCUT2D eigenvalue weighted by Gasteiger charge is -2.37. The minimum Gasteiger partial charge on any atom is -0.475 e. The molecular weight excluding hydrogens is 548 g/mol. The Labute approximate surface area is 227 Å². The molecule has 0 unspecified atom stereocenters. The van der Waals surface area contributed by atoms with E-state index in [2.05, 4.69) is 40.4 Å². The van der Waals surface area contributed by atoms with Gasteiger partial charge in [0.25, 0.3) is 0 Å². The highest BCUT2D eigenvalue weighted by Crippen LogP contribution is 2.45. The molecule has 1 saturated heterocycles. The third-order valence-corrected chi connectivity index (χ3v) is 7.21. The number of nitrogens with zero attached hydrogens (tertiary/aromatic N) is 2. The molecule has 2 aliphatic heterocycles. The summed E-state index contributed by atoms with van der Waals surface area (Å²) in [5, 5.41) is 13.1. The Morgan fingerprint density at radius 3 is 2.21 bits per heavy atom. The Balaban J connectivity index is 0.000000345. The average Bonchev–Trinajstić information content (AvgIpc) is 3.63. The molecular formula is C26H25Cl2F3N2O5. The van der Waals surface area contributed by atoms with Crippen molar-refractivity contribution in [2.45, 2.75) is 56.3 Å². The molecule has 12 heteroatoms. The normalized spacial score (nSPS) is 18.2. The monoisotopic (exact) mass is 572 g/mol. The van der Waals surface area contributed by atoms with Crippen LogP contribution < -0.4 is 0 Å². The van der Waals surface area contributed by atoms with Gasteiger partial charge in [0.05, 0.1) is 5.71 Å². The summed E-state index contributed by atoms with van der Waals surface area (Å²) in [5.74, 6) is -2.12. The molecule has 0 bridgehead atoms. The predicted molar refractivity (Wildman–Crippen MR) is 133 cm³/mol. The minimum absolute atomic E-state index is 0.134. The molecule has 2 aromatic carbocycles. The summed E-state index contributed by atoms with van der Waals surface area (Å²) in [4.78, 5) is 33.6. The number of rotatable bonds is 4. The van der Waals surface area contributed by atoms with E-state index in [4.69, 9.17) is 47.5 Å². The fourth-order valence-electron chi connectivity index (χ4n) is 4.38. The molecule has 0 amide bonds. The Kier molecular flexibility index (Phi) is 9.95. The third kappa shape index (κ3) is 8.04. The number of piperidine rings is 1.